The lowest BCUT2D eigenvalue weighted by Gasteiger charge is -2.18. The smallest absolute Gasteiger partial charge is 0.180 e. The Balaban J connectivity index is 1.43. The molecule has 0 amide bonds. The molecule has 0 aliphatic heterocycles. The highest BCUT2D eigenvalue weighted by Gasteiger charge is 2.41. The summed E-state index contributed by atoms with van der Waals surface area (Å²) in [5.41, 5.74) is 4.23. The summed E-state index contributed by atoms with van der Waals surface area (Å²) in [6.07, 6.45) is 4.52. The van der Waals surface area contributed by atoms with Crippen LogP contribution in [0, 0.1) is 5.92 Å². The highest BCUT2D eigenvalue weighted by molar-refractivity contribution is 6.30. The van der Waals surface area contributed by atoms with Crippen molar-refractivity contribution in [3.8, 4) is 16.9 Å². The summed E-state index contributed by atoms with van der Waals surface area (Å²) in [5, 5.41) is 2.84. The Morgan fingerprint density at radius 1 is 0.775 bits per heavy atom. The van der Waals surface area contributed by atoms with E-state index in [2.05, 4.69) is 32.0 Å². The largest absolute Gasteiger partial charge is 0.491 e. The molecule has 0 bridgehead atoms. The first kappa shape index (κ1) is 25.9. The molecule has 1 aliphatic rings. The molecule has 6 rings (SSSR count). The second kappa shape index (κ2) is 11.1. The second-order valence-corrected chi connectivity index (χ2v) is 10.7. The van der Waals surface area contributed by atoms with Gasteiger partial charge < -0.3 is 4.74 Å². The Kier molecular flexibility index (Phi) is 7.17. The summed E-state index contributed by atoms with van der Waals surface area (Å²) < 4.78 is 6.41. The second-order valence-electron chi connectivity index (χ2n) is 10.7. The molecule has 0 saturated carbocycles. The molecule has 0 N–H and O–H groups in total. The molecule has 1 atom stereocenters. The summed E-state index contributed by atoms with van der Waals surface area (Å²) in [6.45, 7) is 5.03. The van der Waals surface area contributed by atoms with Gasteiger partial charge in [0.1, 0.15) is 17.2 Å². The maximum Gasteiger partial charge on any atom is 0.180 e. The minimum absolute atomic E-state index is 0.190. The number of hydrogen-bond acceptors (Lipinski definition) is 4. The molecule has 0 spiro atoms. The van der Waals surface area contributed by atoms with Crippen LogP contribution in [-0.2, 0) is 0 Å². The van der Waals surface area contributed by atoms with Gasteiger partial charge in [0.15, 0.2) is 11.6 Å². The van der Waals surface area contributed by atoms with Gasteiger partial charge in [0, 0.05) is 16.5 Å². The van der Waals surface area contributed by atoms with Crippen molar-refractivity contribution in [2.45, 2.75) is 45.4 Å². The number of rotatable bonds is 9. The van der Waals surface area contributed by atoms with Crippen molar-refractivity contribution < 1.29 is 14.3 Å². The lowest BCUT2D eigenvalue weighted by Crippen LogP contribution is -2.15. The van der Waals surface area contributed by atoms with Crippen molar-refractivity contribution in [1.82, 2.24) is 4.98 Å². The number of benzene rings is 4. The topological polar surface area (TPSA) is 56.3 Å². The number of hydrogen-bond donors (Lipinski definition) is 0. The highest BCUT2D eigenvalue weighted by atomic mass is 16.5. The fourth-order valence-electron chi connectivity index (χ4n) is 5.81. The zero-order chi connectivity index (χ0) is 27.6. The molecule has 4 heteroatoms. The quantitative estimate of drug-likeness (QED) is 0.180. The van der Waals surface area contributed by atoms with Gasteiger partial charge in [-0.2, -0.15) is 0 Å². The minimum atomic E-state index is -0.947. The molecule has 0 saturated heterocycles. The maximum atomic E-state index is 13.6. The number of ketones is 2. The van der Waals surface area contributed by atoms with E-state index in [1.165, 1.54) is 6.42 Å². The van der Waals surface area contributed by atoms with Gasteiger partial charge in [-0.3, -0.25) is 9.59 Å². The number of unbranched alkanes of at least 4 members (excludes halogenated alkanes) is 1. The Bertz CT molecular complexity index is 1670. The number of pyridine rings is 1. The maximum absolute atomic E-state index is 13.6. The predicted octanol–water partition coefficient (Wildman–Crippen LogP) is 8.81. The molecule has 1 heterocycles. The van der Waals surface area contributed by atoms with Crippen LogP contribution in [-0.4, -0.2) is 23.2 Å². The first-order valence-corrected chi connectivity index (χ1v) is 14.3. The molecule has 200 valence electrons. The monoisotopic (exact) mass is 527 g/mol. The van der Waals surface area contributed by atoms with E-state index in [-0.39, 0.29) is 11.6 Å². The van der Waals surface area contributed by atoms with Crippen molar-refractivity contribution in [3.05, 3.63) is 108 Å². The van der Waals surface area contributed by atoms with E-state index in [0.717, 1.165) is 46.5 Å². The Morgan fingerprint density at radius 3 is 2.10 bits per heavy atom. The molecular weight excluding hydrogens is 494 g/mol. The number of nitrogens with zero attached hydrogens (tertiary/aromatic N) is 1. The molecule has 1 unspecified atom stereocenters. The first-order valence-electron chi connectivity index (χ1n) is 14.3. The predicted molar refractivity (Wildman–Crippen MR) is 161 cm³/mol. The molecule has 1 aliphatic carbocycles. The number of carbonyl (C=O) groups excluding carboxylic acids is 2. The van der Waals surface area contributed by atoms with Crippen LogP contribution in [0.25, 0.3) is 32.8 Å². The average molecular weight is 528 g/mol. The summed E-state index contributed by atoms with van der Waals surface area (Å²) in [7, 11) is 0. The number of aromatic nitrogens is 1. The molecule has 4 nitrogen and oxygen atoms in total. The van der Waals surface area contributed by atoms with Crippen molar-refractivity contribution >= 4 is 33.2 Å². The van der Waals surface area contributed by atoms with E-state index in [0.29, 0.717) is 40.6 Å². The van der Waals surface area contributed by atoms with E-state index in [1.807, 2.05) is 72.8 Å². The molecule has 0 fully saturated rings. The van der Waals surface area contributed by atoms with E-state index in [4.69, 9.17) is 9.72 Å². The molecule has 5 aromatic rings. The summed E-state index contributed by atoms with van der Waals surface area (Å²) in [4.78, 5) is 32.2. The Labute approximate surface area is 235 Å². The molecular formula is C36H33NO3. The summed E-state index contributed by atoms with van der Waals surface area (Å²) >= 11 is 0. The zero-order valence-electron chi connectivity index (χ0n) is 23.0. The van der Waals surface area contributed by atoms with E-state index >= 15 is 0 Å². The van der Waals surface area contributed by atoms with Crippen LogP contribution in [0.5, 0.6) is 5.75 Å². The van der Waals surface area contributed by atoms with Crippen LogP contribution in [0.15, 0.2) is 91.0 Å². The van der Waals surface area contributed by atoms with Gasteiger partial charge in [-0.15, -0.1) is 0 Å². The molecule has 4 aromatic carbocycles. The van der Waals surface area contributed by atoms with Crippen LogP contribution in [0.1, 0.15) is 71.9 Å². The van der Waals surface area contributed by atoms with Gasteiger partial charge in [0.05, 0.1) is 12.3 Å². The van der Waals surface area contributed by atoms with Crippen LogP contribution in [0.4, 0.5) is 0 Å². The molecule has 40 heavy (non-hydrogen) atoms. The number of carbonyl (C=O) groups is 2. The van der Waals surface area contributed by atoms with Crippen LogP contribution >= 0.6 is 0 Å². The van der Waals surface area contributed by atoms with Gasteiger partial charge in [-0.1, -0.05) is 93.8 Å². The third kappa shape index (κ3) is 4.68. The van der Waals surface area contributed by atoms with Crippen molar-refractivity contribution in [1.29, 1.82) is 0 Å². The van der Waals surface area contributed by atoms with Gasteiger partial charge in [0.25, 0.3) is 0 Å². The van der Waals surface area contributed by atoms with E-state index in [1.54, 1.807) is 0 Å². The Hall–Kier alpha value is -4.31. The first-order chi connectivity index (χ1) is 19.6. The SMILES string of the molecule is CCCCC(CC)COc1ccc(-c2ccccc2)c2ccc(C3C(=O)c4cc5ccccc5cc4C3=O)nc12. The van der Waals surface area contributed by atoms with Crippen LogP contribution in [0.3, 0.4) is 0 Å². The van der Waals surface area contributed by atoms with Crippen molar-refractivity contribution in [2.24, 2.45) is 5.92 Å². The third-order valence-electron chi connectivity index (χ3n) is 8.18. The van der Waals surface area contributed by atoms with E-state index in [9.17, 15) is 9.59 Å². The third-order valence-corrected chi connectivity index (χ3v) is 8.18. The molecule has 1 aromatic heterocycles. The highest BCUT2D eigenvalue weighted by Crippen LogP contribution is 2.39. The summed E-state index contributed by atoms with van der Waals surface area (Å²) in [5.74, 6) is -0.173. The average Bonchev–Trinajstić information content (AvgIpc) is 3.24. The van der Waals surface area contributed by atoms with Gasteiger partial charge in [-0.25, -0.2) is 4.98 Å². The van der Waals surface area contributed by atoms with Crippen LogP contribution < -0.4 is 4.74 Å². The standard InChI is InChI=1S/C36H33NO3/c1-3-5-11-23(4-2)22-40-32-19-17-27(24-12-7-6-8-13-24)28-16-18-31(37-34(28)32)33-35(38)29-20-25-14-9-10-15-26(25)21-30(29)36(33)39/h6-10,12-21,23,33H,3-5,11,22H2,1-2H3. The lowest BCUT2D eigenvalue weighted by atomic mass is 9.96. The number of fused-ring (bicyclic) bond motifs is 3. The summed E-state index contributed by atoms with van der Waals surface area (Å²) in [6, 6.07) is 29.6. The van der Waals surface area contributed by atoms with Crippen LogP contribution in [0.2, 0.25) is 0 Å². The molecule has 0 radical (unpaired) electrons. The van der Waals surface area contributed by atoms with Crippen molar-refractivity contribution in [3.63, 3.8) is 0 Å². The van der Waals surface area contributed by atoms with Gasteiger partial charge >= 0.3 is 0 Å². The van der Waals surface area contributed by atoms with Gasteiger partial charge in [0.2, 0.25) is 0 Å². The normalized spacial score (nSPS) is 14.2. The van der Waals surface area contributed by atoms with E-state index < -0.39 is 5.92 Å². The Morgan fingerprint density at radius 2 is 1.45 bits per heavy atom. The number of Topliss-reactive ketones (excluding diaryl/α,β-unsaturated/α-hetero) is 2. The lowest BCUT2D eigenvalue weighted by molar-refractivity contribution is 0.0888. The minimum Gasteiger partial charge on any atom is -0.491 e. The zero-order valence-corrected chi connectivity index (χ0v) is 23.0. The number of ether oxygens (including phenoxy) is 1. The van der Waals surface area contributed by atoms with Gasteiger partial charge in [-0.05, 0) is 64.6 Å². The van der Waals surface area contributed by atoms with Crippen molar-refractivity contribution in [2.75, 3.05) is 6.61 Å². The fraction of sp³-hybridized carbons (Fsp3) is 0.250. The fourth-order valence-corrected chi connectivity index (χ4v) is 5.81.